The van der Waals surface area contributed by atoms with Gasteiger partial charge in [-0.25, -0.2) is 24.3 Å². The number of rotatable bonds is 4. The largest absolute Gasteiger partial charge is 0.481 e. The van der Waals surface area contributed by atoms with Crippen LogP contribution in [0.4, 0.5) is 4.79 Å². The summed E-state index contributed by atoms with van der Waals surface area (Å²) in [5, 5.41) is 4.34. The Balaban J connectivity index is 1.53. The van der Waals surface area contributed by atoms with Crippen LogP contribution in [0.25, 0.3) is 16.9 Å². The second kappa shape index (κ2) is 8.97. The molecule has 1 amide bonds. The van der Waals surface area contributed by atoms with Crippen LogP contribution in [0.15, 0.2) is 30.9 Å². The van der Waals surface area contributed by atoms with Gasteiger partial charge in [0.25, 0.3) is 0 Å². The average Bonchev–Trinajstić information content (AvgIpc) is 3.11. The lowest BCUT2D eigenvalue weighted by Gasteiger charge is -2.26. The smallest absolute Gasteiger partial charge is 0.410 e. The minimum Gasteiger partial charge on any atom is -0.481 e. The number of methoxy groups -OCH3 is 1. The number of carbonyl (C=O) groups is 1. The number of aromatic nitrogens is 5. The van der Waals surface area contributed by atoms with E-state index in [1.807, 2.05) is 26.8 Å². The molecule has 0 aliphatic carbocycles. The van der Waals surface area contributed by atoms with E-state index in [1.54, 1.807) is 35.0 Å². The van der Waals surface area contributed by atoms with Crippen LogP contribution in [-0.2, 0) is 4.74 Å². The number of nitrogens with zero attached hydrogens (tertiary/aromatic N) is 6. The summed E-state index contributed by atoms with van der Waals surface area (Å²) in [5.74, 6) is 0.930. The number of likely N-dealkylation sites (tertiary alicyclic amines) is 1. The molecule has 0 spiro atoms. The Morgan fingerprint density at radius 1 is 1.16 bits per heavy atom. The molecule has 1 saturated heterocycles. The van der Waals surface area contributed by atoms with Crippen molar-refractivity contribution in [2.24, 2.45) is 0 Å². The molecule has 0 aromatic carbocycles. The fraction of sp³-hybridized carbons (Fsp3) is 0.500. The predicted molar refractivity (Wildman–Crippen MR) is 117 cm³/mol. The van der Waals surface area contributed by atoms with E-state index in [0.717, 1.165) is 18.4 Å². The molecule has 1 aliphatic heterocycles. The fourth-order valence-electron chi connectivity index (χ4n) is 3.55. The maximum atomic E-state index is 12.4. The normalized spacial score (nSPS) is 17.1. The maximum absolute atomic E-state index is 12.4. The molecule has 32 heavy (non-hydrogen) atoms. The average molecular weight is 441 g/mol. The fourth-order valence-corrected chi connectivity index (χ4v) is 3.55. The van der Waals surface area contributed by atoms with Crippen LogP contribution in [0.2, 0.25) is 0 Å². The van der Waals surface area contributed by atoms with Gasteiger partial charge in [0.15, 0.2) is 0 Å². The van der Waals surface area contributed by atoms with Crippen LogP contribution in [-0.4, -0.2) is 67.5 Å². The zero-order valence-electron chi connectivity index (χ0n) is 18.8. The summed E-state index contributed by atoms with van der Waals surface area (Å²) in [6.07, 6.45) is 6.88. The monoisotopic (exact) mass is 440 g/mol. The minimum absolute atomic E-state index is 0.0798. The summed E-state index contributed by atoms with van der Waals surface area (Å²) in [5.41, 5.74) is 1.46. The SMILES string of the molecule is COc1cc(-c2cn3nccc3c(O[C@@H]3CCCN(C(=O)OC(C)(C)C)CC3)n2)ncn1. The topological polar surface area (TPSA) is 104 Å². The van der Waals surface area contributed by atoms with E-state index in [-0.39, 0.29) is 12.2 Å². The van der Waals surface area contributed by atoms with Crippen molar-refractivity contribution in [3.63, 3.8) is 0 Å². The van der Waals surface area contributed by atoms with Gasteiger partial charge in [0, 0.05) is 25.6 Å². The molecule has 0 saturated carbocycles. The Labute approximate surface area is 186 Å². The first-order chi connectivity index (χ1) is 15.3. The summed E-state index contributed by atoms with van der Waals surface area (Å²) in [4.78, 5) is 27.3. The second-order valence-corrected chi connectivity index (χ2v) is 8.68. The number of fused-ring (bicyclic) bond motifs is 1. The molecular weight excluding hydrogens is 412 g/mol. The third-order valence-corrected chi connectivity index (χ3v) is 5.07. The Hall–Kier alpha value is -3.43. The molecule has 0 bridgehead atoms. The Morgan fingerprint density at radius 3 is 2.78 bits per heavy atom. The molecule has 1 fully saturated rings. The van der Waals surface area contributed by atoms with Crippen LogP contribution in [0, 0.1) is 0 Å². The number of carbonyl (C=O) groups excluding carboxylic acids is 1. The highest BCUT2D eigenvalue weighted by molar-refractivity contribution is 5.68. The number of amides is 1. The first kappa shape index (κ1) is 21.8. The van der Waals surface area contributed by atoms with Gasteiger partial charge in [0.2, 0.25) is 11.8 Å². The van der Waals surface area contributed by atoms with Crippen molar-refractivity contribution in [1.82, 2.24) is 29.5 Å². The molecule has 0 radical (unpaired) electrons. The maximum Gasteiger partial charge on any atom is 0.410 e. The van der Waals surface area contributed by atoms with Crippen molar-refractivity contribution >= 4 is 11.6 Å². The molecular formula is C22H28N6O4. The molecule has 1 aliphatic rings. The first-order valence-electron chi connectivity index (χ1n) is 10.7. The molecule has 10 nitrogen and oxygen atoms in total. The first-order valence-corrected chi connectivity index (χ1v) is 10.7. The second-order valence-electron chi connectivity index (χ2n) is 8.68. The van der Waals surface area contributed by atoms with Gasteiger partial charge in [0.1, 0.15) is 29.2 Å². The quantitative estimate of drug-likeness (QED) is 0.608. The Morgan fingerprint density at radius 2 is 2.00 bits per heavy atom. The third-order valence-electron chi connectivity index (χ3n) is 5.07. The van der Waals surface area contributed by atoms with E-state index in [0.29, 0.717) is 42.7 Å². The lowest BCUT2D eigenvalue weighted by atomic mass is 10.1. The van der Waals surface area contributed by atoms with Crippen LogP contribution in [0.1, 0.15) is 40.0 Å². The van der Waals surface area contributed by atoms with Crippen molar-refractivity contribution in [2.45, 2.75) is 51.7 Å². The molecule has 4 rings (SSSR count). The van der Waals surface area contributed by atoms with Crippen LogP contribution in [0.3, 0.4) is 0 Å². The van der Waals surface area contributed by atoms with E-state index in [9.17, 15) is 4.79 Å². The van der Waals surface area contributed by atoms with Gasteiger partial charge in [-0.05, 0) is 39.7 Å². The summed E-state index contributed by atoms with van der Waals surface area (Å²) < 4.78 is 18.8. The predicted octanol–water partition coefficient (Wildman–Crippen LogP) is 3.36. The van der Waals surface area contributed by atoms with E-state index in [1.165, 1.54) is 6.33 Å². The molecule has 0 unspecified atom stereocenters. The van der Waals surface area contributed by atoms with Crippen molar-refractivity contribution in [1.29, 1.82) is 0 Å². The van der Waals surface area contributed by atoms with Gasteiger partial charge in [-0.1, -0.05) is 0 Å². The molecule has 170 valence electrons. The number of hydrogen-bond donors (Lipinski definition) is 0. The highest BCUT2D eigenvalue weighted by atomic mass is 16.6. The minimum atomic E-state index is -0.513. The molecule has 3 aromatic heterocycles. The molecule has 3 aromatic rings. The lowest BCUT2D eigenvalue weighted by Crippen LogP contribution is -2.37. The van der Waals surface area contributed by atoms with Crippen LogP contribution in [0.5, 0.6) is 11.8 Å². The summed E-state index contributed by atoms with van der Waals surface area (Å²) in [6, 6.07) is 3.57. The van der Waals surface area contributed by atoms with Crippen molar-refractivity contribution in [3.05, 3.63) is 30.9 Å². The lowest BCUT2D eigenvalue weighted by molar-refractivity contribution is 0.0252. The van der Waals surface area contributed by atoms with Crippen LogP contribution < -0.4 is 9.47 Å². The third kappa shape index (κ3) is 5.06. The van der Waals surface area contributed by atoms with E-state index < -0.39 is 5.60 Å². The van der Waals surface area contributed by atoms with Crippen molar-refractivity contribution < 1.29 is 19.0 Å². The van der Waals surface area contributed by atoms with Gasteiger partial charge < -0.3 is 19.1 Å². The van der Waals surface area contributed by atoms with E-state index >= 15 is 0 Å². The van der Waals surface area contributed by atoms with Crippen LogP contribution >= 0.6 is 0 Å². The summed E-state index contributed by atoms with van der Waals surface area (Å²) >= 11 is 0. The van der Waals surface area contributed by atoms with Crippen molar-refractivity contribution in [3.8, 4) is 23.1 Å². The Bertz CT molecular complexity index is 1090. The highest BCUT2D eigenvalue weighted by Crippen LogP contribution is 2.27. The Kier molecular flexibility index (Phi) is 6.11. The zero-order chi connectivity index (χ0) is 22.7. The molecule has 10 heteroatoms. The van der Waals surface area contributed by atoms with E-state index in [2.05, 4.69) is 15.1 Å². The summed E-state index contributed by atoms with van der Waals surface area (Å²) in [7, 11) is 1.55. The van der Waals surface area contributed by atoms with Gasteiger partial charge in [-0.3, -0.25) is 0 Å². The van der Waals surface area contributed by atoms with Gasteiger partial charge in [-0.15, -0.1) is 0 Å². The standard InChI is InChI=1S/C22H28N6O4/c1-22(2,3)32-21(29)27-10-5-6-15(8-11-27)31-20-18-7-9-25-28(18)13-17(26-20)16-12-19(30-4)24-14-23-16/h7,9,12-15H,5-6,8,10-11H2,1-4H3/t15-/m1/s1. The summed E-state index contributed by atoms with van der Waals surface area (Å²) in [6.45, 7) is 6.83. The van der Waals surface area contributed by atoms with Gasteiger partial charge in [0.05, 0.1) is 25.2 Å². The van der Waals surface area contributed by atoms with E-state index in [4.69, 9.17) is 19.2 Å². The molecule has 1 atom stereocenters. The van der Waals surface area contributed by atoms with Gasteiger partial charge in [-0.2, -0.15) is 5.10 Å². The number of hydrogen-bond acceptors (Lipinski definition) is 8. The molecule has 4 heterocycles. The molecule has 0 N–H and O–H groups in total. The zero-order valence-corrected chi connectivity index (χ0v) is 18.8. The number of ether oxygens (including phenoxy) is 3. The van der Waals surface area contributed by atoms with Gasteiger partial charge >= 0.3 is 6.09 Å². The van der Waals surface area contributed by atoms with Crippen molar-refractivity contribution in [2.75, 3.05) is 20.2 Å². The highest BCUT2D eigenvalue weighted by Gasteiger charge is 2.26.